The Morgan fingerprint density at radius 3 is 1.80 bits per heavy atom. The second-order valence-corrected chi connectivity index (χ2v) is 5.64. The van der Waals surface area contributed by atoms with Gasteiger partial charge in [0, 0.05) is 0 Å². The van der Waals surface area contributed by atoms with E-state index in [1.807, 2.05) is 0 Å². The fourth-order valence-electron chi connectivity index (χ4n) is 0.205. The zero-order chi connectivity index (χ0) is 8.41. The van der Waals surface area contributed by atoms with Crippen molar-refractivity contribution in [3.05, 3.63) is 0 Å². The molecule has 0 aliphatic carbocycles. The van der Waals surface area contributed by atoms with Crippen LogP contribution in [0, 0.1) is 0 Å². The van der Waals surface area contributed by atoms with Crippen LogP contribution in [0.15, 0.2) is 0 Å². The van der Waals surface area contributed by atoms with Gasteiger partial charge in [0.15, 0.2) is 0 Å². The lowest BCUT2D eigenvalue weighted by atomic mass is 10.9. The van der Waals surface area contributed by atoms with Gasteiger partial charge in [-0.3, -0.25) is 8.74 Å². The molecule has 0 fully saturated rings. The van der Waals surface area contributed by atoms with E-state index in [1.165, 1.54) is 6.92 Å². The summed E-state index contributed by atoms with van der Waals surface area (Å²) < 4.78 is 51.8. The molecule has 0 radical (unpaired) electrons. The molecule has 0 aromatic rings. The molecular formula is C2H6O6S2. The summed E-state index contributed by atoms with van der Waals surface area (Å²) in [6, 6.07) is 0. The lowest BCUT2D eigenvalue weighted by molar-refractivity contribution is 0.343. The molecule has 0 unspecified atom stereocenters. The smallest absolute Gasteiger partial charge is 0.272 e. The van der Waals surface area contributed by atoms with Crippen molar-refractivity contribution in [2.24, 2.45) is 0 Å². The first kappa shape index (κ1) is 9.82. The van der Waals surface area contributed by atoms with Crippen molar-refractivity contribution >= 4 is 18.3 Å². The highest BCUT2D eigenvalue weighted by molar-refractivity contribution is 8.63. The monoisotopic (exact) mass is 190 g/mol. The molecule has 0 aromatic heterocycles. The largest absolute Gasteiger partial charge is 0.399 e. The van der Waals surface area contributed by atoms with Crippen LogP contribution in [0.4, 0.5) is 0 Å². The third kappa shape index (κ3) is 2.21. The summed E-state index contributed by atoms with van der Waals surface area (Å²) in [5.41, 5.74) is 0. The van der Waals surface area contributed by atoms with E-state index in [1.54, 1.807) is 0 Å². The quantitative estimate of drug-likeness (QED) is 0.460. The summed E-state index contributed by atoms with van der Waals surface area (Å²) in [5, 5.41) is 0. The van der Waals surface area contributed by atoms with E-state index < -0.39 is 18.3 Å². The Hall–Kier alpha value is -0.180. The first-order valence-electron chi connectivity index (χ1n) is 2.18. The molecule has 0 spiro atoms. The van der Waals surface area contributed by atoms with Gasteiger partial charge < -0.3 is 0 Å². The average Bonchev–Trinajstić information content (AvgIpc) is 1.61. The first-order valence-corrected chi connectivity index (χ1v) is 5.54. The van der Waals surface area contributed by atoms with Crippen LogP contribution in [0.3, 0.4) is 0 Å². The maximum atomic E-state index is 10.2. The van der Waals surface area contributed by atoms with Gasteiger partial charge in [0.2, 0.25) is 0 Å². The van der Waals surface area contributed by atoms with Crippen molar-refractivity contribution in [1.82, 2.24) is 0 Å². The van der Waals surface area contributed by atoms with Gasteiger partial charge in [-0.25, -0.2) is 0 Å². The van der Waals surface area contributed by atoms with Gasteiger partial charge in [-0.05, 0) is 6.92 Å². The fraction of sp³-hybridized carbons (Fsp3) is 1.00. The van der Waals surface area contributed by atoms with Crippen LogP contribution in [0.25, 0.3) is 0 Å². The van der Waals surface area contributed by atoms with Crippen molar-refractivity contribution in [3.8, 4) is 0 Å². The molecule has 1 N–H and O–H groups in total. The number of rotatable bonds is 3. The Labute approximate surface area is 58.1 Å². The highest BCUT2D eigenvalue weighted by atomic mass is 33.2. The van der Waals surface area contributed by atoms with Crippen LogP contribution >= 0.6 is 0 Å². The molecular weight excluding hydrogens is 184 g/mol. The van der Waals surface area contributed by atoms with Crippen molar-refractivity contribution in [3.63, 3.8) is 0 Å². The molecule has 0 aliphatic heterocycles. The van der Waals surface area contributed by atoms with E-state index in [-0.39, 0.29) is 6.61 Å². The summed E-state index contributed by atoms with van der Waals surface area (Å²) in [5.74, 6) is 0. The van der Waals surface area contributed by atoms with E-state index in [4.69, 9.17) is 4.55 Å². The zero-order valence-electron chi connectivity index (χ0n) is 5.01. The van der Waals surface area contributed by atoms with Crippen LogP contribution in [0.1, 0.15) is 6.92 Å². The standard InChI is InChI=1S/C2H6O6S2/c1-2-8-10(6,7)9(3,4)5/h2H2,1H3,(H,3,4,5). The number of hydrogen-bond donors (Lipinski definition) is 1. The van der Waals surface area contributed by atoms with Gasteiger partial charge >= 0.3 is 18.3 Å². The Morgan fingerprint density at radius 2 is 1.70 bits per heavy atom. The fourth-order valence-corrected chi connectivity index (χ4v) is 1.27. The molecule has 0 saturated carbocycles. The first-order chi connectivity index (χ1) is 4.31. The topological polar surface area (TPSA) is 97.7 Å². The van der Waals surface area contributed by atoms with Crippen molar-refractivity contribution in [1.29, 1.82) is 0 Å². The molecule has 0 bridgehead atoms. The highest BCUT2D eigenvalue weighted by Gasteiger charge is 2.27. The Bertz CT molecular complexity index is 282. The van der Waals surface area contributed by atoms with Gasteiger partial charge in [-0.1, -0.05) is 0 Å². The van der Waals surface area contributed by atoms with Crippen LogP contribution in [0.2, 0.25) is 0 Å². The lowest BCUT2D eigenvalue weighted by Crippen LogP contribution is -2.16. The minimum Gasteiger partial charge on any atom is -0.272 e. The van der Waals surface area contributed by atoms with Crippen LogP contribution in [0.5, 0.6) is 0 Å². The van der Waals surface area contributed by atoms with E-state index in [2.05, 4.69) is 4.18 Å². The summed E-state index contributed by atoms with van der Waals surface area (Å²) in [6.07, 6.45) is 0. The SMILES string of the molecule is CCOS(=O)(=O)S(=O)(=O)O. The minimum atomic E-state index is -5.11. The molecule has 10 heavy (non-hydrogen) atoms. The Balaban J connectivity index is 4.80. The summed E-state index contributed by atoms with van der Waals surface area (Å²) in [4.78, 5) is 0. The van der Waals surface area contributed by atoms with Gasteiger partial charge in [0.1, 0.15) is 0 Å². The minimum absolute atomic E-state index is 0.331. The van der Waals surface area contributed by atoms with Crippen LogP contribution in [-0.4, -0.2) is 28.0 Å². The average molecular weight is 190 g/mol. The molecule has 0 heterocycles. The van der Waals surface area contributed by atoms with Crippen LogP contribution in [-0.2, 0) is 22.5 Å². The summed E-state index contributed by atoms with van der Waals surface area (Å²) >= 11 is 0. The molecule has 8 heteroatoms. The molecule has 0 saturated heterocycles. The molecule has 0 aliphatic rings. The van der Waals surface area contributed by atoms with E-state index in [0.29, 0.717) is 0 Å². The van der Waals surface area contributed by atoms with Crippen LogP contribution < -0.4 is 0 Å². The van der Waals surface area contributed by atoms with Gasteiger partial charge in [0.25, 0.3) is 0 Å². The molecule has 62 valence electrons. The molecule has 0 amide bonds. The maximum Gasteiger partial charge on any atom is 0.399 e. The third-order valence-corrected chi connectivity index (χ3v) is 3.40. The highest BCUT2D eigenvalue weighted by Crippen LogP contribution is 2.00. The van der Waals surface area contributed by atoms with Crippen molar-refractivity contribution in [2.45, 2.75) is 6.92 Å². The second kappa shape index (κ2) is 2.82. The van der Waals surface area contributed by atoms with Crippen molar-refractivity contribution in [2.75, 3.05) is 6.61 Å². The summed E-state index contributed by atoms with van der Waals surface area (Å²) in [7, 11) is -9.93. The molecule has 0 rings (SSSR count). The van der Waals surface area contributed by atoms with E-state index in [0.717, 1.165) is 0 Å². The third-order valence-electron chi connectivity index (χ3n) is 0.520. The summed E-state index contributed by atoms with van der Waals surface area (Å²) in [6.45, 7) is 0.949. The molecule has 0 atom stereocenters. The van der Waals surface area contributed by atoms with E-state index in [9.17, 15) is 16.8 Å². The zero-order valence-corrected chi connectivity index (χ0v) is 6.65. The normalized spacial score (nSPS) is 13.4. The van der Waals surface area contributed by atoms with E-state index >= 15 is 0 Å². The number of hydrogen-bond acceptors (Lipinski definition) is 5. The van der Waals surface area contributed by atoms with Gasteiger partial charge in [-0.2, -0.15) is 16.8 Å². The molecule has 6 nitrogen and oxygen atoms in total. The second-order valence-electron chi connectivity index (χ2n) is 1.24. The van der Waals surface area contributed by atoms with Gasteiger partial charge in [0.05, 0.1) is 6.61 Å². The predicted molar refractivity (Wildman–Crippen MR) is 32.1 cm³/mol. The lowest BCUT2D eigenvalue weighted by Gasteiger charge is -1.96. The van der Waals surface area contributed by atoms with Crippen molar-refractivity contribution < 1.29 is 25.6 Å². The van der Waals surface area contributed by atoms with Gasteiger partial charge in [-0.15, -0.1) is 0 Å². The Kier molecular flexibility index (Phi) is 2.77. The molecule has 0 aromatic carbocycles. The Morgan fingerprint density at radius 1 is 1.30 bits per heavy atom. The predicted octanol–water partition coefficient (Wildman–Crippen LogP) is -0.844. The maximum absolute atomic E-state index is 10.2.